The van der Waals surface area contributed by atoms with Crippen molar-refractivity contribution in [2.45, 2.75) is 20.8 Å². The van der Waals surface area contributed by atoms with Crippen molar-refractivity contribution in [3.8, 4) is 0 Å². The molecule has 6 heteroatoms. The first kappa shape index (κ1) is 15.8. The van der Waals surface area contributed by atoms with E-state index in [0.29, 0.717) is 39.3 Å². The first-order valence-corrected chi connectivity index (χ1v) is 7.01. The van der Waals surface area contributed by atoms with Gasteiger partial charge in [0.25, 0.3) is 0 Å². The number of amides is 2. The summed E-state index contributed by atoms with van der Waals surface area (Å²) in [4.78, 5) is 27.2. The fourth-order valence-corrected chi connectivity index (χ4v) is 2.08. The molecule has 1 aliphatic heterocycles. The van der Waals surface area contributed by atoms with Gasteiger partial charge in [-0.2, -0.15) is 0 Å². The van der Waals surface area contributed by atoms with Crippen LogP contribution in [0.2, 0.25) is 0 Å². The predicted molar refractivity (Wildman–Crippen MR) is 72.9 cm³/mol. The molecule has 0 bridgehead atoms. The van der Waals surface area contributed by atoms with Crippen LogP contribution in [0.4, 0.5) is 4.79 Å². The van der Waals surface area contributed by atoms with Crippen LogP contribution in [0.1, 0.15) is 20.8 Å². The Hall–Kier alpha value is -1.30. The maximum atomic E-state index is 12.2. The van der Waals surface area contributed by atoms with Gasteiger partial charge in [0.2, 0.25) is 5.91 Å². The van der Waals surface area contributed by atoms with Gasteiger partial charge in [0.15, 0.2) is 0 Å². The molecule has 1 unspecified atom stereocenters. The van der Waals surface area contributed by atoms with Crippen LogP contribution < -0.4 is 5.32 Å². The summed E-state index contributed by atoms with van der Waals surface area (Å²) < 4.78 is 4.95. The molecule has 0 aromatic rings. The zero-order chi connectivity index (χ0) is 14.3. The maximum Gasteiger partial charge on any atom is 0.409 e. The summed E-state index contributed by atoms with van der Waals surface area (Å²) in [5, 5.41) is 3.18. The third-order valence-electron chi connectivity index (χ3n) is 3.24. The van der Waals surface area contributed by atoms with E-state index in [-0.39, 0.29) is 17.9 Å². The first-order valence-electron chi connectivity index (χ1n) is 7.01. The van der Waals surface area contributed by atoms with E-state index in [9.17, 15) is 9.59 Å². The van der Waals surface area contributed by atoms with E-state index >= 15 is 0 Å². The Labute approximate surface area is 115 Å². The molecule has 1 rings (SSSR count). The molecule has 1 saturated heterocycles. The molecule has 0 saturated carbocycles. The molecule has 1 aliphatic rings. The lowest BCUT2D eigenvalue weighted by molar-refractivity contribution is -0.136. The van der Waals surface area contributed by atoms with Crippen LogP contribution in [0.25, 0.3) is 0 Å². The van der Waals surface area contributed by atoms with E-state index in [1.807, 2.05) is 18.7 Å². The van der Waals surface area contributed by atoms with Crippen molar-refractivity contribution in [1.29, 1.82) is 0 Å². The van der Waals surface area contributed by atoms with Crippen molar-refractivity contribution < 1.29 is 14.3 Å². The second kappa shape index (κ2) is 7.99. The lowest BCUT2D eigenvalue weighted by Crippen LogP contribution is -2.52. The van der Waals surface area contributed by atoms with Gasteiger partial charge < -0.3 is 19.9 Å². The zero-order valence-corrected chi connectivity index (χ0v) is 12.1. The average Bonchev–Trinajstić information content (AvgIpc) is 2.44. The smallest absolute Gasteiger partial charge is 0.409 e. The van der Waals surface area contributed by atoms with Crippen LogP contribution in [0, 0.1) is 5.92 Å². The molecule has 0 spiro atoms. The van der Waals surface area contributed by atoms with E-state index in [4.69, 9.17) is 4.74 Å². The summed E-state index contributed by atoms with van der Waals surface area (Å²) in [6.07, 6.45) is -0.282. The van der Waals surface area contributed by atoms with Gasteiger partial charge in [-0.25, -0.2) is 4.79 Å². The van der Waals surface area contributed by atoms with E-state index in [1.54, 1.807) is 11.8 Å². The molecule has 19 heavy (non-hydrogen) atoms. The minimum Gasteiger partial charge on any atom is -0.450 e. The number of hydrogen-bond acceptors (Lipinski definition) is 4. The molecule has 0 aromatic heterocycles. The van der Waals surface area contributed by atoms with E-state index < -0.39 is 0 Å². The molecule has 1 fully saturated rings. The molecule has 6 nitrogen and oxygen atoms in total. The SMILES string of the molecule is CCNCC(C)C(=O)N1CCN(C(=O)OCC)CC1. The topological polar surface area (TPSA) is 61.9 Å². The summed E-state index contributed by atoms with van der Waals surface area (Å²) in [7, 11) is 0. The van der Waals surface area contributed by atoms with E-state index in [1.165, 1.54) is 0 Å². The van der Waals surface area contributed by atoms with Crippen molar-refractivity contribution >= 4 is 12.0 Å². The molecule has 0 aliphatic carbocycles. The molecular weight excluding hydrogens is 246 g/mol. The third-order valence-corrected chi connectivity index (χ3v) is 3.24. The summed E-state index contributed by atoms with van der Waals surface area (Å²) in [5.41, 5.74) is 0. The number of nitrogens with one attached hydrogen (secondary N) is 1. The molecule has 1 heterocycles. The second-order valence-electron chi connectivity index (χ2n) is 4.72. The molecule has 1 N–H and O–H groups in total. The number of rotatable bonds is 5. The van der Waals surface area contributed by atoms with Crippen molar-refractivity contribution in [3.63, 3.8) is 0 Å². The number of hydrogen-bond donors (Lipinski definition) is 1. The number of carbonyl (C=O) groups excluding carboxylic acids is 2. The fraction of sp³-hybridized carbons (Fsp3) is 0.846. The van der Waals surface area contributed by atoms with Crippen LogP contribution in [0.3, 0.4) is 0 Å². The molecule has 0 aromatic carbocycles. The number of ether oxygens (including phenoxy) is 1. The van der Waals surface area contributed by atoms with Crippen molar-refractivity contribution in [1.82, 2.24) is 15.1 Å². The Kier molecular flexibility index (Phi) is 6.62. The van der Waals surface area contributed by atoms with Gasteiger partial charge >= 0.3 is 6.09 Å². The Balaban J connectivity index is 2.36. The average molecular weight is 271 g/mol. The summed E-state index contributed by atoms with van der Waals surface area (Å²) >= 11 is 0. The molecule has 1 atom stereocenters. The quantitative estimate of drug-likeness (QED) is 0.792. The van der Waals surface area contributed by atoms with Crippen molar-refractivity contribution in [2.24, 2.45) is 5.92 Å². The largest absolute Gasteiger partial charge is 0.450 e. The van der Waals surface area contributed by atoms with Gasteiger partial charge in [0, 0.05) is 38.6 Å². The molecule has 110 valence electrons. The van der Waals surface area contributed by atoms with Crippen molar-refractivity contribution in [2.75, 3.05) is 45.9 Å². The van der Waals surface area contributed by atoms with Crippen LogP contribution >= 0.6 is 0 Å². The molecular formula is C13H25N3O3. The van der Waals surface area contributed by atoms with Gasteiger partial charge in [0.05, 0.1) is 6.61 Å². The number of piperazine rings is 1. The Morgan fingerprint density at radius 1 is 1.16 bits per heavy atom. The fourth-order valence-electron chi connectivity index (χ4n) is 2.08. The number of carbonyl (C=O) groups is 2. The van der Waals surface area contributed by atoms with Crippen molar-refractivity contribution in [3.05, 3.63) is 0 Å². The summed E-state index contributed by atoms with van der Waals surface area (Å²) in [6.45, 7) is 10.00. The van der Waals surface area contributed by atoms with E-state index in [2.05, 4.69) is 5.32 Å². The van der Waals surface area contributed by atoms with E-state index in [0.717, 1.165) is 6.54 Å². The van der Waals surface area contributed by atoms with Crippen LogP contribution in [0.15, 0.2) is 0 Å². The van der Waals surface area contributed by atoms with Gasteiger partial charge in [-0.3, -0.25) is 4.79 Å². The van der Waals surface area contributed by atoms with Gasteiger partial charge in [-0.1, -0.05) is 13.8 Å². The summed E-state index contributed by atoms with van der Waals surface area (Å²) in [5.74, 6) is 0.138. The highest BCUT2D eigenvalue weighted by atomic mass is 16.6. The van der Waals surface area contributed by atoms with Gasteiger partial charge in [-0.05, 0) is 13.5 Å². The van der Waals surface area contributed by atoms with Crippen LogP contribution in [-0.2, 0) is 9.53 Å². The van der Waals surface area contributed by atoms with Crippen LogP contribution in [0.5, 0.6) is 0 Å². The standard InChI is InChI=1S/C13H25N3O3/c1-4-14-10-11(3)12(17)15-6-8-16(9-7-15)13(18)19-5-2/h11,14H,4-10H2,1-3H3. The Morgan fingerprint density at radius 2 is 1.74 bits per heavy atom. The zero-order valence-electron chi connectivity index (χ0n) is 12.1. The van der Waals surface area contributed by atoms with Crippen LogP contribution in [-0.4, -0.2) is 67.7 Å². The Bertz CT molecular complexity index is 302. The lowest BCUT2D eigenvalue weighted by Gasteiger charge is -2.35. The minimum absolute atomic E-state index is 0.0194. The maximum absolute atomic E-state index is 12.2. The lowest BCUT2D eigenvalue weighted by atomic mass is 10.1. The first-order chi connectivity index (χ1) is 9.10. The third kappa shape index (κ3) is 4.70. The minimum atomic E-state index is -0.282. The summed E-state index contributed by atoms with van der Waals surface area (Å²) in [6, 6.07) is 0. The normalized spacial score (nSPS) is 17.2. The highest BCUT2D eigenvalue weighted by molar-refractivity contribution is 5.79. The number of nitrogens with zero attached hydrogens (tertiary/aromatic N) is 2. The van der Waals surface area contributed by atoms with Gasteiger partial charge in [0.1, 0.15) is 0 Å². The Morgan fingerprint density at radius 3 is 2.26 bits per heavy atom. The second-order valence-corrected chi connectivity index (χ2v) is 4.72. The molecule has 2 amide bonds. The van der Waals surface area contributed by atoms with Gasteiger partial charge in [-0.15, -0.1) is 0 Å². The highest BCUT2D eigenvalue weighted by Gasteiger charge is 2.27. The molecule has 0 radical (unpaired) electrons. The highest BCUT2D eigenvalue weighted by Crippen LogP contribution is 2.08. The monoisotopic (exact) mass is 271 g/mol. The predicted octanol–water partition coefficient (Wildman–Crippen LogP) is 0.533.